The van der Waals surface area contributed by atoms with Gasteiger partial charge in [0.2, 0.25) is 0 Å². The van der Waals surface area contributed by atoms with Gasteiger partial charge in [0.25, 0.3) is 0 Å². The summed E-state index contributed by atoms with van der Waals surface area (Å²) < 4.78 is 4.83. The Labute approximate surface area is 291 Å². The summed E-state index contributed by atoms with van der Waals surface area (Å²) in [6.07, 6.45) is 0. The van der Waals surface area contributed by atoms with E-state index in [2.05, 4.69) is 191 Å². The summed E-state index contributed by atoms with van der Waals surface area (Å²) >= 11 is 0. The quantitative estimate of drug-likeness (QED) is 0.179. The number of imidazole rings is 1. The SMILES string of the molecule is Cc1cccc(C)c1B1N(c2ccccc2)c2ccc(-c3ccc4c(c3)c3ccccc3n4-c3ccccc3)cc2-c2nc3ccccc3n21. The molecule has 0 aliphatic carbocycles. The average molecular weight is 641 g/mol. The van der Waals surface area contributed by atoms with Crippen molar-refractivity contribution in [3.8, 4) is 28.2 Å². The number of rotatable bonds is 4. The standard InChI is InChI=1S/C45H33BN4/c1-30-14-13-15-31(2)44(30)46-49(35-18-7-4-8-19-35)42-27-25-33(29-38(42)45-47-39-21-10-12-23-43(39)50(45)46)32-24-26-41-37(28-32)36-20-9-11-22-40(36)48(41)34-16-5-3-6-17-34/h3-29H,1-2H3. The molecular formula is C45H33BN4. The van der Waals surface area contributed by atoms with E-state index in [0.717, 1.165) is 33.8 Å². The van der Waals surface area contributed by atoms with Crippen molar-refractivity contribution in [3.63, 3.8) is 0 Å². The minimum atomic E-state index is -0.111. The maximum absolute atomic E-state index is 5.35. The topological polar surface area (TPSA) is 26.0 Å². The summed E-state index contributed by atoms with van der Waals surface area (Å²) in [6.45, 7) is 4.35. The van der Waals surface area contributed by atoms with Gasteiger partial charge in [-0.05, 0) is 97.2 Å². The van der Waals surface area contributed by atoms with Gasteiger partial charge in [0.1, 0.15) is 5.82 Å². The third kappa shape index (κ3) is 4.23. The van der Waals surface area contributed by atoms with E-state index in [4.69, 9.17) is 4.98 Å². The maximum Gasteiger partial charge on any atom is 0.422 e. The van der Waals surface area contributed by atoms with Crippen LogP contribution in [0.1, 0.15) is 11.1 Å². The zero-order valence-corrected chi connectivity index (χ0v) is 28.0. The Morgan fingerprint density at radius 3 is 1.90 bits per heavy atom. The normalized spacial score (nSPS) is 12.5. The van der Waals surface area contributed by atoms with Gasteiger partial charge in [-0.25, -0.2) is 4.98 Å². The largest absolute Gasteiger partial charge is 0.422 e. The lowest BCUT2D eigenvalue weighted by atomic mass is 9.59. The maximum atomic E-state index is 5.35. The van der Waals surface area contributed by atoms with Gasteiger partial charge in [0.05, 0.1) is 22.1 Å². The molecular weight excluding hydrogens is 607 g/mol. The third-order valence-electron chi connectivity index (χ3n) is 10.4. The Kier molecular flexibility index (Phi) is 6.37. The first-order valence-corrected chi connectivity index (χ1v) is 17.3. The van der Waals surface area contributed by atoms with Crippen molar-refractivity contribution in [2.75, 3.05) is 4.81 Å². The zero-order valence-electron chi connectivity index (χ0n) is 28.0. The van der Waals surface area contributed by atoms with Crippen LogP contribution in [0.15, 0.2) is 164 Å². The molecule has 236 valence electrons. The van der Waals surface area contributed by atoms with E-state index in [-0.39, 0.29) is 6.98 Å². The van der Waals surface area contributed by atoms with Crippen molar-refractivity contribution < 1.29 is 0 Å². The summed E-state index contributed by atoms with van der Waals surface area (Å²) in [5, 5.41) is 2.49. The second-order valence-electron chi connectivity index (χ2n) is 13.3. The molecule has 5 heteroatoms. The molecule has 0 atom stereocenters. The van der Waals surface area contributed by atoms with Crippen molar-refractivity contribution in [1.82, 2.24) is 14.0 Å². The molecule has 1 aliphatic rings. The lowest BCUT2D eigenvalue weighted by Gasteiger charge is -2.39. The van der Waals surface area contributed by atoms with Crippen LogP contribution in [0.25, 0.3) is 61.0 Å². The minimum Gasteiger partial charge on any atom is -0.361 e. The van der Waals surface area contributed by atoms with Crippen molar-refractivity contribution >= 4 is 56.7 Å². The van der Waals surface area contributed by atoms with Crippen molar-refractivity contribution in [1.29, 1.82) is 0 Å². The monoisotopic (exact) mass is 640 g/mol. The second-order valence-corrected chi connectivity index (χ2v) is 13.3. The third-order valence-corrected chi connectivity index (χ3v) is 10.4. The summed E-state index contributed by atoms with van der Waals surface area (Å²) in [5.74, 6) is 0.990. The molecule has 9 aromatic rings. The highest BCUT2D eigenvalue weighted by atomic mass is 15.2. The van der Waals surface area contributed by atoms with Gasteiger partial charge < -0.3 is 13.9 Å². The fraction of sp³-hybridized carbons (Fsp3) is 0.0444. The van der Waals surface area contributed by atoms with Gasteiger partial charge in [-0.1, -0.05) is 108 Å². The average Bonchev–Trinajstić information content (AvgIpc) is 3.71. The van der Waals surface area contributed by atoms with E-state index in [1.54, 1.807) is 0 Å². The highest BCUT2D eigenvalue weighted by Crippen LogP contribution is 2.45. The predicted octanol–water partition coefficient (Wildman–Crippen LogP) is 10.5. The highest BCUT2D eigenvalue weighted by molar-refractivity contribution is 6.79. The zero-order chi connectivity index (χ0) is 33.3. The van der Waals surface area contributed by atoms with E-state index in [9.17, 15) is 0 Å². The number of nitrogens with zero attached hydrogens (tertiary/aromatic N) is 4. The van der Waals surface area contributed by atoms with Crippen molar-refractivity contribution in [2.24, 2.45) is 0 Å². The first-order chi connectivity index (χ1) is 24.7. The van der Waals surface area contributed by atoms with E-state index in [0.29, 0.717) is 0 Å². The fourth-order valence-corrected chi connectivity index (χ4v) is 8.20. The molecule has 0 unspecified atom stereocenters. The van der Waals surface area contributed by atoms with Crippen molar-refractivity contribution in [2.45, 2.75) is 13.8 Å². The van der Waals surface area contributed by atoms with Gasteiger partial charge in [0, 0.05) is 33.4 Å². The van der Waals surface area contributed by atoms with Gasteiger partial charge in [-0.3, -0.25) is 0 Å². The smallest absolute Gasteiger partial charge is 0.361 e. The summed E-state index contributed by atoms with van der Waals surface area (Å²) in [6, 6.07) is 59.2. The lowest BCUT2D eigenvalue weighted by molar-refractivity contribution is 1.13. The molecule has 50 heavy (non-hydrogen) atoms. The van der Waals surface area contributed by atoms with Crippen LogP contribution in [-0.2, 0) is 0 Å². The van der Waals surface area contributed by atoms with Crippen molar-refractivity contribution in [3.05, 3.63) is 175 Å². The first kappa shape index (κ1) is 28.7. The Morgan fingerprint density at radius 1 is 0.500 bits per heavy atom. The number of hydrogen-bond donors (Lipinski definition) is 0. The van der Waals surface area contributed by atoms with Crippen LogP contribution in [0.2, 0.25) is 0 Å². The minimum absolute atomic E-state index is 0.111. The van der Waals surface area contributed by atoms with E-state index < -0.39 is 0 Å². The molecule has 0 radical (unpaired) electrons. The van der Waals surface area contributed by atoms with Crippen LogP contribution < -0.4 is 10.3 Å². The molecule has 0 fully saturated rings. The van der Waals surface area contributed by atoms with Gasteiger partial charge in [-0.2, -0.15) is 0 Å². The van der Waals surface area contributed by atoms with Crippen LogP contribution >= 0.6 is 0 Å². The Hall–Kier alpha value is -6.33. The molecule has 0 spiro atoms. The molecule has 10 rings (SSSR count). The molecule has 0 saturated heterocycles. The van der Waals surface area contributed by atoms with Gasteiger partial charge in [-0.15, -0.1) is 0 Å². The molecule has 2 aromatic heterocycles. The number of aromatic nitrogens is 3. The summed E-state index contributed by atoms with van der Waals surface area (Å²) in [7, 11) is 0. The summed E-state index contributed by atoms with van der Waals surface area (Å²) in [5.41, 5.74) is 15.3. The van der Waals surface area contributed by atoms with Crippen LogP contribution in [0.4, 0.5) is 11.4 Å². The number of fused-ring (bicyclic) bond motifs is 8. The number of benzene rings is 7. The fourth-order valence-electron chi connectivity index (χ4n) is 8.20. The van der Waals surface area contributed by atoms with Gasteiger partial charge in [0.15, 0.2) is 0 Å². The highest BCUT2D eigenvalue weighted by Gasteiger charge is 2.41. The Morgan fingerprint density at radius 2 is 1.12 bits per heavy atom. The van der Waals surface area contributed by atoms with Crippen LogP contribution in [-0.4, -0.2) is 21.0 Å². The van der Waals surface area contributed by atoms with Crippen LogP contribution in [0.5, 0.6) is 0 Å². The molecule has 4 nitrogen and oxygen atoms in total. The molecule has 0 N–H and O–H groups in total. The second kappa shape index (κ2) is 11.1. The Balaban J connectivity index is 1.22. The van der Waals surface area contributed by atoms with E-state index >= 15 is 0 Å². The lowest BCUT2D eigenvalue weighted by Crippen LogP contribution is -2.55. The number of hydrogen-bond acceptors (Lipinski definition) is 2. The van der Waals surface area contributed by atoms with E-state index in [1.165, 1.54) is 55.2 Å². The number of para-hydroxylation sites is 5. The van der Waals surface area contributed by atoms with Crippen LogP contribution in [0.3, 0.4) is 0 Å². The molecule has 0 bridgehead atoms. The van der Waals surface area contributed by atoms with Gasteiger partial charge >= 0.3 is 6.98 Å². The number of aryl methyl sites for hydroxylation is 2. The molecule has 3 heterocycles. The molecule has 0 saturated carbocycles. The predicted molar refractivity (Wildman–Crippen MR) is 210 cm³/mol. The molecule has 1 aliphatic heterocycles. The number of anilines is 2. The van der Waals surface area contributed by atoms with Crippen LogP contribution in [0, 0.1) is 13.8 Å². The molecule has 0 amide bonds. The first-order valence-electron chi connectivity index (χ1n) is 17.3. The Bertz CT molecular complexity index is 2720. The molecule has 7 aromatic carbocycles. The van der Waals surface area contributed by atoms with E-state index in [1.807, 2.05) is 0 Å². The summed E-state index contributed by atoms with van der Waals surface area (Å²) in [4.78, 5) is 7.86.